The number of aromatic nitrogens is 1. The lowest BCUT2D eigenvalue weighted by atomic mass is 10.1. The van der Waals surface area contributed by atoms with Crippen LogP contribution in [0.2, 0.25) is 0 Å². The number of halogens is 1. The molecule has 2 aromatic carbocycles. The summed E-state index contributed by atoms with van der Waals surface area (Å²) in [5, 5.41) is 8.56. The highest BCUT2D eigenvalue weighted by molar-refractivity contribution is 7.14. The highest BCUT2D eigenvalue weighted by Crippen LogP contribution is 2.28. The van der Waals surface area contributed by atoms with Gasteiger partial charge in [-0.2, -0.15) is 0 Å². The van der Waals surface area contributed by atoms with Crippen LogP contribution in [0.1, 0.15) is 10.6 Å². The smallest absolute Gasteiger partial charge is 0.291 e. The van der Waals surface area contributed by atoms with Crippen LogP contribution < -0.4 is 10.6 Å². The average Bonchev–Trinajstić information content (AvgIpc) is 3.36. The zero-order valence-electron chi connectivity index (χ0n) is 14.0. The molecule has 0 radical (unpaired) electrons. The molecule has 0 bridgehead atoms. The first-order valence-electron chi connectivity index (χ1n) is 8.11. The number of hydrogen-bond donors (Lipinski definition) is 2. The molecule has 1 amide bonds. The molecule has 27 heavy (non-hydrogen) atoms. The summed E-state index contributed by atoms with van der Waals surface area (Å²) in [7, 11) is 0. The molecule has 0 atom stereocenters. The summed E-state index contributed by atoms with van der Waals surface area (Å²) in [5.41, 5.74) is 3.06. The molecule has 0 aliphatic rings. The summed E-state index contributed by atoms with van der Waals surface area (Å²) in [4.78, 5) is 16.6. The minimum Gasteiger partial charge on any atom is -0.459 e. The van der Waals surface area contributed by atoms with Crippen molar-refractivity contribution in [3.05, 3.63) is 83.9 Å². The van der Waals surface area contributed by atoms with Crippen molar-refractivity contribution in [1.82, 2.24) is 4.98 Å². The van der Waals surface area contributed by atoms with Crippen LogP contribution in [0.3, 0.4) is 0 Å². The normalized spacial score (nSPS) is 10.6. The quantitative estimate of drug-likeness (QED) is 0.478. The van der Waals surface area contributed by atoms with Crippen molar-refractivity contribution in [2.45, 2.75) is 0 Å². The third-order valence-electron chi connectivity index (χ3n) is 3.76. The Kier molecular flexibility index (Phi) is 4.67. The molecule has 5 nitrogen and oxygen atoms in total. The Bertz CT molecular complexity index is 1060. The number of nitrogens with zero attached hydrogens (tertiary/aromatic N) is 1. The fourth-order valence-corrected chi connectivity index (χ4v) is 3.22. The van der Waals surface area contributed by atoms with E-state index in [0.29, 0.717) is 10.8 Å². The van der Waals surface area contributed by atoms with Crippen LogP contribution in [0.4, 0.5) is 20.9 Å². The molecule has 7 heteroatoms. The predicted octanol–water partition coefficient (Wildman–Crippen LogP) is 5.54. The standard InChI is InChI=1S/C20H14FN3O2S/c21-14-6-8-15(9-7-14)23-20-24-17(12-27-20)13-3-1-4-16(11-13)22-19(25)18-5-2-10-26-18/h1-12H,(H,22,25)(H,23,24). The van der Waals surface area contributed by atoms with Crippen LogP contribution in [-0.4, -0.2) is 10.9 Å². The Hall–Kier alpha value is -3.45. The molecular weight excluding hydrogens is 365 g/mol. The van der Waals surface area contributed by atoms with E-state index in [2.05, 4.69) is 15.6 Å². The predicted molar refractivity (Wildman–Crippen MR) is 104 cm³/mol. The van der Waals surface area contributed by atoms with Crippen molar-refractivity contribution in [3.8, 4) is 11.3 Å². The van der Waals surface area contributed by atoms with Crippen molar-refractivity contribution < 1.29 is 13.6 Å². The number of nitrogens with one attached hydrogen (secondary N) is 2. The molecule has 4 aromatic rings. The number of amides is 1. The third kappa shape index (κ3) is 4.04. The van der Waals surface area contributed by atoms with Crippen LogP contribution in [0.5, 0.6) is 0 Å². The second-order valence-electron chi connectivity index (χ2n) is 5.68. The lowest BCUT2D eigenvalue weighted by molar-refractivity contribution is 0.0996. The fraction of sp³-hybridized carbons (Fsp3) is 0. The van der Waals surface area contributed by atoms with E-state index < -0.39 is 0 Å². The molecule has 2 aromatic heterocycles. The van der Waals surface area contributed by atoms with E-state index in [1.165, 1.54) is 29.7 Å². The monoisotopic (exact) mass is 379 g/mol. The van der Waals surface area contributed by atoms with E-state index in [4.69, 9.17) is 4.42 Å². The van der Waals surface area contributed by atoms with Crippen LogP contribution in [0.15, 0.2) is 76.7 Å². The SMILES string of the molecule is O=C(Nc1cccc(-c2csc(Nc3ccc(F)cc3)n2)c1)c1ccco1. The van der Waals surface area contributed by atoms with Crippen molar-refractivity contribution in [2.75, 3.05) is 10.6 Å². The highest BCUT2D eigenvalue weighted by atomic mass is 32.1. The average molecular weight is 379 g/mol. The van der Waals surface area contributed by atoms with Gasteiger partial charge < -0.3 is 15.1 Å². The summed E-state index contributed by atoms with van der Waals surface area (Å²) in [6, 6.07) is 16.8. The van der Waals surface area contributed by atoms with Crippen molar-refractivity contribution in [3.63, 3.8) is 0 Å². The number of benzene rings is 2. The molecule has 0 fully saturated rings. The van der Waals surface area contributed by atoms with Gasteiger partial charge in [0.05, 0.1) is 12.0 Å². The molecule has 0 spiro atoms. The van der Waals surface area contributed by atoms with Gasteiger partial charge in [-0.05, 0) is 48.5 Å². The zero-order chi connectivity index (χ0) is 18.6. The van der Waals surface area contributed by atoms with Crippen LogP contribution in [0.25, 0.3) is 11.3 Å². The van der Waals surface area contributed by atoms with Gasteiger partial charge in [0.25, 0.3) is 5.91 Å². The minimum atomic E-state index is -0.311. The van der Waals surface area contributed by atoms with Crippen LogP contribution in [-0.2, 0) is 0 Å². The molecule has 0 aliphatic heterocycles. The largest absolute Gasteiger partial charge is 0.459 e. The molecular formula is C20H14FN3O2S. The number of hydrogen-bond acceptors (Lipinski definition) is 5. The maximum atomic E-state index is 13.0. The van der Waals surface area contributed by atoms with Crippen LogP contribution in [0, 0.1) is 5.82 Å². The van der Waals surface area contributed by atoms with Crippen molar-refractivity contribution in [2.24, 2.45) is 0 Å². The Morgan fingerprint density at radius 1 is 1.04 bits per heavy atom. The Balaban J connectivity index is 1.49. The molecule has 134 valence electrons. The molecule has 0 aliphatic carbocycles. The fourth-order valence-electron chi connectivity index (χ4n) is 2.48. The van der Waals surface area contributed by atoms with Crippen LogP contribution >= 0.6 is 11.3 Å². The van der Waals surface area contributed by atoms with Gasteiger partial charge in [0, 0.05) is 22.3 Å². The number of carbonyl (C=O) groups excluding carboxylic acids is 1. The van der Waals surface area contributed by atoms with Gasteiger partial charge in [-0.3, -0.25) is 4.79 Å². The van der Waals surface area contributed by atoms with E-state index in [1.807, 2.05) is 23.6 Å². The van der Waals surface area contributed by atoms with E-state index in [0.717, 1.165) is 16.9 Å². The summed E-state index contributed by atoms with van der Waals surface area (Å²) in [6.07, 6.45) is 1.45. The maximum Gasteiger partial charge on any atom is 0.291 e. The van der Waals surface area contributed by atoms with Gasteiger partial charge in [-0.1, -0.05) is 12.1 Å². The van der Waals surface area contributed by atoms with Crippen molar-refractivity contribution >= 4 is 33.8 Å². The maximum absolute atomic E-state index is 13.0. The zero-order valence-corrected chi connectivity index (χ0v) is 14.8. The number of rotatable bonds is 5. The van der Waals surface area contributed by atoms with Gasteiger partial charge in [0.1, 0.15) is 5.82 Å². The van der Waals surface area contributed by atoms with E-state index in [1.54, 1.807) is 30.3 Å². The lowest BCUT2D eigenvalue weighted by Gasteiger charge is -2.05. The second-order valence-corrected chi connectivity index (χ2v) is 6.54. The topological polar surface area (TPSA) is 67.2 Å². The van der Waals surface area contributed by atoms with Gasteiger partial charge >= 0.3 is 0 Å². The van der Waals surface area contributed by atoms with Crippen molar-refractivity contribution in [1.29, 1.82) is 0 Å². The third-order valence-corrected chi connectivity index (χ3v) is 4.52. The first-order chi connectivity index (χ1) is 13.2. The van der Waals surface area contributed by atoms with E-state index in [-0.39, 0.29) is 17.5 Å². The number of thiazole rings is 1. The number of furan rings is 1. The lowest BCUT2D eigenvalue weighted by Crippen LogP contribution is -2.10. The molecule has 2 heterocycles. The van der Waals surface area contributed by atoms with Gasteiger partial charge in [-0.15, -0.1) is 11.3 Å². The Labute approximate surface area is 158 Å². The van der Waals surface area contributed by atoms with Gasteiger partial charge in [0.15, 0.2) is 10.9 Å². The Morgan fingerprint density at radius 2 is 1.89 bits per heavy atom. The van der Waals surface area contributed by atoms with E-state index >= 15 is 0 Å². The summed E-state index contributed by atoms with van der Waals surface area (Å²) in [5.74, 6) is -0.345. The second kappa shape index (κ2) is 7.43. The molecule has 0 saturated heterocycles. The highest BCUT2D eigenvalue weighted by Gasteiger charge is 2.10. The first-order valence-corrected chi connectivity index (χ1v) is 8.99. The summed E-state index contributed by atoms with van der Waals surface area (Å²) in [6.45, 7) is 0. The summed E-state index contributed by atoms with van der Waals surface area (Å²) >= 11 is 1.44. The van der Waals surface area contributed by atoms with Gasteiger partial charge in [-0.25, -0.2) is 9.37 Å². The molecule has 0 unspecified atom stereocenters. The van der Waals surface area contributed by atoms with E-state index in [9.17, 15) is 9.18 Å². The molecule has 0 saturated carbocycles. The van der Waals surface area contributed by atoms with Gasteiger partial charge in [0.2, 0.25) is 0 Å². The number of anilines is 3. The number of carbonyl (C=O) groups is 1. The molecule has 4 rings (SSSR count). The Morgan fingerprint density at radius 3 is 2.67 bits per heavy atom. The summed E-state index contributed by atoms with van der Waals surface area (Å²) < 4.78 is 18.1. The first kappa shape index (κ1) is 17.0. The molecule has 2 N–H and O–H groups in total. The minimum absolute atomic E-state index is 0.250.